The third-order valence-corrected chi connectivity index (χ3v) is 2.31. The molecule has 0 amide bonds. The third-order valence-electron chi connectivity index (χ3n) is 0.837. The van der Waals surface area contributed by atoms with Gasteiger partial charge in [0.25, 0.3) is 9.05 Å². The Kier molecular flexibility index (Phi) is 3.35. The number of rotatable bonds is 3. The highest BCUT2D eigenvalue weighted by atomic mass is 35.7. The lowest BCUT2D eigenvalue weighted by Crippen LogP contribution is -2.17. The number of halogens is 1. The molecule has 3 nitrogen and oxygen atoms in total. The lowest BCUT2D eigenvalue weighted by molar-refractivity contribution is 0.451. The van der Waals surface area contributed by atoms with Gasteiger partial charge in [-0.1, -0.05) is 6.58 Å². The Bertz CT molecular complexity index is 220. The van der Waals surface area contributed by atoms with Crippen molar-refractivity contribution in [3.05, 3.63) is 11.5 Å². The summed E-state index contributed by atoms with van der Waals surface area (Å²) in [5.74, 6) is 0. The predicted molar refractivity (Wildman–Crippen MR) is 42.5 cm³/mol. The van der Waals surface area contributed by atoms with E-state index in [-0.39, 0.29) is 11.4 Å². The van der Waals surface area contributed by atoms with Gasteiger partial charge in [0.2, 0.25) is 0 Å². The maximum absolute atomic E-state index is 10.5. The molecule has 0 atom stereocenters. The van der Waals surface area contributed by atoms with Crippen molar-refractivity contribution in [3.63, 3.8) is 0 Å². The molecule has 60 valence electrons. The van der Waals surface area contributed by atoms with Crippen molar-refractivity contribution in [2.75, 3.05) is 20.6 Å². The summed E-state index contributed by atoms with van der Waals surface area (Å²) >= 11 is 0. The maximum Gasteiger partial charge on any atom is 0.258 e. The minimum atomic E-state index is -3.56. The van der Waals surface area contributed by atoms with Crippen LogP contribution in [-0.4, -0.2) is 34.0 Å². The Morgan fingerprint density at radius 2 is 2.00 bits per heavy atom. The molecule has 0 N–H and O–H groups in total. The van der Waals surface area contributed by atoms with E-state index >= 15 is 0 Å². The summed E-state index contributed by atoms with van der Waals surface area (Å²) in [7, 11) is 4.90. The van der Waals surface area contributed by atoms with Crippen molar-refractivity contribution in [1.29, 1.82) is 0 Å². The standard InChI is InChI=1S/C5H10ClNO2S/c1-5(4-7(2)3)10(6,8)9/h1,4H2,2-3H3. The van der Waals surface area contributed by atoms with Gasteiger partial charge in [-0.2, -0.15) is 0 Å². The number of likely N-dealkylation sites (N-methyl/N-ethyl adjacent to an activating group) is 1. The van der Waals surface area contributed by atoms with Crippen LogP contribution >= 0.6 is 10.7 Å². The van der Waals surface area contributed by atoms with Crippen LogP contribution in [0.1, 0.15) is 0 Å². The first kappa shape index (κ1) is 9.94. The molecule has 0 aromatic heterocycles. The molecule has 0 bridgehead atoms. The summed E-state index contributed by atoms with van der Waals surface area (Å²) < 4.78 is 21.0. The molecule has 0 saturated carbocycles. The fourth-order valence-corrected chi connectivity index (χ4v) is 0.989. The summed E-state index contributed by atoms with van der Waals surface area (Å²) in [5, 5.41) is 0. The van der Waals surface area contributed by atoms with Gasteiger partial charge in [-0.25, -0.2) is 8.42 Å². The van der Waals surface area contributed by atoms with Crippen molar-refractivity contribution in [1.82, 2.24) is 4.90 Å². The average Bonchev–Trinajstić information content (AvgIpc) is 1.60. The molecule has 10 heavy (non-hydrogen) atoms. The van der Waals surface area contributed by atoms with Crippen molar-refractivity contribution >= 4 is 19.7 Å². The van der Waals surface area contributed by atoms with E-state index in [0.717, 1.165) is 0 Å². The van der Waals surface area contributed by atoms with Crippen LogP contribution in [0.15, 0.2) is 11.5 Å². The SMILES string of the molecule is C=C(CN(C)C)S(=O)(=O)Cl. The summed E-state index contributed by atoms with van der Waals surface area (Å²) in [4.78, 5) is 1.71. The van der Waals surface area contributed by atoms with Gasteiger partial charge in [-0.05, 0) is 14.1 Å². The van der Waals surface area contributed by atoms with E-state index in [1.807, 2.05) is 0 Å². The zero-order chi connectivity index (χ0) is 8.36. The second kappa shape index (κ2) is 3.37. The molecule has 0 spiro atoms. The molecule has 0 aliphatic heterocycles. The summed E-state index contributed by atoms with van der Waals surface area (Å²) in [6.07, 6.45) is 0. The van der Waals surface area contributed by atoms with E-state index in [2.05, 4.69) is 6.58 Å². The monoisotopic (exact) mass is 183 g/mol. The van der Waals surface area contributed by atoms with Gasteiger partial charge >= 0.3 is 0 Å². The smallest absolute Gasteiger partial charge is 0.258 e. The van der Waals surface area contributed by atoms with Crippen LogP contribution in [0.2, 0.25) is 0 Å². The van der Waals surface area contributed by atoms with Gasteiger partial charge in [-0.3, -0.25) is 0 Å². The first-order valence-electron chi connectivity index (χ1n) is 2.61. The molecule has 0 saturated heterocycles. The van der Waals surface area contributed by atoms with Crippen LogP contribution in [-0.2, 0) is 9.05 Å². The molecular weight excluding hydrogens is 174 g/mol. The first-order chi connectivity index (χ1) is 4.34. The highest BCUT2D eigenvalue weighted by Crippen LogP contribution is 2.09. The van der Waals surface area contributed by atoms with E-state index in [0.29, 0.717) is 0 Å². The second-order valence-corrected chi connectivity index (χ2v) is 4.89. The quantitative estimate of drug-likeness (QED) is 0.603. The highest BCUT2D eigenvalue weighted by Gasteiger charge is 2.10. The van der Waals surface area contributed by atoms with Gasteiger partial charge in [0, 0.05) is 17.2 Å². The topological polar surface area (TPSA) is 37.4 Å². The van der Waals surface area contributed by atoms with Gasteiger partial charge in [0.15, 0.2) is 0 Å². The molecule has 0 aromatic carbocycles. The van der Waals surface area contributed by atoms with Crippen LogP contribution in [0.25, 0.3) is 0 Å². The zero-order valence-corrected chi connectivity index (χ0v) is 7.54. The van der Waals surface area contributed by atoms with Crippen LogP contribution in [0.5, 0.6) is 0 Å². The van der Waals surface area contributed by atoms with Gasteiger partial charge in [-0.15, -0.1) is 0 Å². The van der Waals surface area contributed by atoms with Crippen LogP contribution in [0.4, 0.5) is 0 Å². The Morgan fingerprint density at radius 1 is 1.60 bits per heavy atom. The first-order valence-corrected chi connectivity index (χ1v) is 4.92. The van der Waals surface area contributed by atoms with Crippen LogP contribution < -0.4 is 0 Å². The molecule has 0 aliphatic rings. The predicted octanol–water partition coefficient (Wildman–Crippen LogP) is 0.630. The fraction of sp³-hybridized carbons (Fsp3) is 0.600. The van der Waals surface area contributed by atoms with Crippen LogP contribution in [0, 0.1) is 0 Å². The molecule has 0 aliphatic carbocycles. The molecule has 5 heteroatoms. The molecule has 0 rings (SSSR count). The largest absolute Gasteiger partial charge is 0.304 e. The van der Waals surface area contributed by atoms with E-state index in [1.165, 1.54) is 0 Å². The Labute approximate surface area is 65.7 Å². The number of hydrogen-bond acceptors (Lipinski definition) is 3. The summed E-state index contributed by atoms with van der Waals surface area (Å²) in [6, 6.07) is 0. The minimum absolute atomic E-state index is 0.0270. The Hall–Kier alpha value is -0.0600. The van der Waals surface area contributed by atoms with Crippen molar-refractivity contribution < 1.29 is 8.42 Å². The second-order valence-electron chi connectivity index (χ2n) is 2.21. The summed E-state index contributed by atoms with van der Waals surface area (Å²) in [5.41, 5.74) is 0. The molecule has 0 heterocycles. The summed E-state index contributed by atoms with van der Waals surface area (Å²) in [6.45, 7) is 3.57. The highest BCUT2D eigenvalue weighted by molar-refractivity contribution is 8.16. The lowest BCUT2D eigenvalue weighted by Gasteiger charge is -2.08. The zero-order valence-electron chi connectivity index (χ0n) is 5.96. The van der Waals surface area contributed by atoms with Crippen molar-refractivity contribution in [2.45, 2.75) is 0 Å². The fourth-order valence-electron chi connectivity index (χ4n) is 0.430. The third kappa shape index (κ3) is 3.87. The van der Waals surface area contributed by atoms with Crippen LogP contribution in [0.3, 0.4) is 0 Å². The van der Waals surface area contributed by atoms with Crippen molar-refractivity contribution in [2.24, 2.45) is 0 Å². The normalized spacial score (nSPS) is 12.0. The van der Waals surface area contributed by atoms with E-state index in [4.69, 9.17) is 10.7 Å². The molecule has 0 unspecified atom stereocenters. The molecule has 0 aromatic rings. The van der Waals surface area contributed by atoms with Gasteiger partial charge < -0.3 is 4.90 Å². The van der Waals surface area contributed by atoms with E-state index in [1.54, 1.807) is 19.0 Å². The Morgan fingerprint density at radius 3 is 2.10 bits per heavy atom. The van der Waals surface area contributed by atoms with E-state index in [9.17, 15) is 8.42 Å². The molecule has 0 fully saturated rings. The number of hydrogen-bond donors (Lipinski definition) is 0. The molecule has 0 radical (unpaired) electrons. The average molecular weight is 184 g/mol. The number of nitrogens with zero attached hydrogens (tertiary/aromatic N) is 1. The van der Waals surface area contributed by atoms with E-state index < -0.39 is 9.05 Å². The van der Waals surface area contributed by atoms with Gasteiger partial charge in [0.05, 0.1) is 4.91 Å². The lowest BCUT2D eigenvalue weighted by atomic mass is 10.6. The maximum atomic E-state index is 10.5. The minimum Gasteiger partial charge on any atom is -0.304 e. The molecular formula is C5H10ClNO2S. The van der Waals surface area contributed by atoms with Gasteiger partial charge in [0.1, 0.15) is 0 Å². The Balaban J connectivity index is 4.14. The van der Waals surface area contributed by atoms with Crippen molar-refractivity contribution in [3.8, 4) is 0 Å².